The fraction of sp³-hybridized carbons (Fsp3) is 0.485. The van der Waals surface area contributed by atoms with Crippen LogP contribution in [-0.4, -0.2) is 50.9 Å². The van der Waals surface area contributed by atoms with Crippen LogP contribution in [0.25, 0.3) is 0 Å². The Labute approximate surface area is 249 Å². The number of benzene rings is 2. The normalized spacial score (nSPS) is 17.1. The Balaban J connectivity index is 1.57. The maximum absolute atomic E-state index is 12.4. The van der Waals surface area contributed by atoms with Gasteiger partial charge in [-0.15, -0.1) is 9.89 Å². The van der Waals surface area contributed by atoms with Crippen molar-refractivity contribution in [2.24, 2.45) is 15.5 Å². The number of amides is 1. The molecule has 222 valence electrons. The molecule has 1 amide bonds. The Morgan fingerprint density at radius 1 is 1.07 bits per heavy atom. The number of anilines is 2. The third-order valence-electron chi connectivity index (χ3n) is 7.70. The van der Waals surface area contributed by atoms with Crippen LogP contribution < -0.4 is 15.0 Å². The molecule has 2 aromatic carbocycles. The molecule has 0 bridgehead atoms. The van der Waals surface area contributed by atoms with Crippen molar-refractivity contribution in [1.82, 2.24) is 14.9 Å². The zero-order valence-corrected chi connectivity index (χ0v) is 26.4. The summed E-state index contributed by atoms with van der Waals surface area (Å²) in [5, 5.41) is 12.6. The summed E-state index contributed by atoms with van der Waals surface area (Å²) in [4.78, 5) is 26.4. The van der Waals surface area contributed by atoms with Gasteiger partial charge in [0.15, 0.2) is 5.82 Å². The van der Waals surface area contributed by atoms with E-state index in [1.165, 1.54) is 12.5 Å². The Morgan fingerprint density at radius 2 is 1.79 bits per heavy atom. The minimum absolute atomic E-state index is 0.0781. The SMILES string of the molecule is CC(=O)Nc1cc2c(cc1/N=C1/C(C(C)(C)C)=Nn3nc(C(C)(C)C)nc31)CCC(C)(C)N2CCOc1ccccc1. The number of aliphatic imine (C=N–C) groups is 1. The number of nitrogens with zero attached hydrogens (tertiary/aromatic N) is 6. The number of aromatic nitrogens is 3. The number of carbonyl (C=O) groups is 1. The zero-order chi connectivity index (χ0) is 30.4. The summed E-state index contributed by atoms with van der Waals surface area (Å²) in [6, 6.07) is 14.1. The van der Waals surface area contributed by atoms with Gasteiger partial charge in [0.05, 0.1) is 23.6 Å². The number of nitrogens with one attached hydrogen (secondary N) is 1. The molecule has 9 nitrogen and oxygen atoms in total. The largest absolute Gasteiger partial charge is 0.492 e. The average Bonchev–Trinajstić information content (AvgIpc) is 3.46. The van der Waals surface area contributed by atoms with Gasteiger partial charge in [0.1, 0.15) is 18.1 Å². The highest BCUT2D eigenvalue weighted by Crippen LogP contribution is 2.42. The summed E-state index contributed by atoms with van der Waals surface area (Å²) in [7, 11) is 0. The predicted octanol–water partition coefficient (Wildman–Crippen LogP) is 6.53. The zero-order valence-electron chi connectivity index (χ0n) is 26.4. The topological polar surface area (TPSA) is 97.0 Å². The molecule has 0 radical (unpaired) electrons. The van der Waals surface area contributed by atoms with E-state index in [1.807, 2.05) is 30.3 Å². The van der Waals surface area contributed by atoms with Crippen LogP contribution in [0, 0.1) is 5.41 Å². The molecular weight excluding hydrogens is 526 g/mol. The number of fused-ring (bicyclic) bond motifs is 2. The Kier molecular flexibility index (Phi) is 7.49. The van der Waals surface area contributed by atoms with Crippen molar-refractivity contribution in [2.75, 3.05) is 23.4 Å². The summed E-state index contributed by atoms with van der Waals surface area (Å²) < 4.78 is 6.07. The van der Waals surface area contributed by atoms with Gasteiger partial charge in [-0.05, 0) is 56.5 Å². The number of ether oxygens (including phenoxy) is 1. The maximum Gasteiger partial charge on any atom is 0.221 e. The van der Waals surface area contributed by atoms with Crippen molar-refractivity contribution in [3.8, 4) is 5.75 Å². The second-order valence-corrected chi connectivity index (χ2v) is 13.9. The first-order valence-corrected chi connectivity index (χ1v) is 14.7. The molecular formula is C33H43N7O2. The number of hydrogen-bond acceptors (Lipinski definition) is 7. The van der Waals surface area contributed by atoms with E-state index in [2.05, 4.69) is 82.8 Å². The quantitative estimate of drug-likeness (QED) is 0.364. The van der Waals surface area contributed by atoms with Gasteiger partial charge in [-0.25, -0.2) is 9.98 Å². The molecule has 1 N–H and O–H groups in total. The van der Waals surface area contributed by atoms with E-state index in [4.69, 9.17) is 19.8 Å². The first kappa shape index (κ1) is 29.5. The van der Waals surface area contributed by atoms with Crippen LogP contribution in [0.3, 0.4) is 0 Å². The molecule has 5 rings (SSSR count). The molecule has 0 fully saturated rings. The number of para-hydroxylation sites is 1. The third kappa shape index (κ3) is 5.96. The lowest BCUT2D eigenvalue weighted by atomic mass is 9.86. The van der Waals surface area contributed by atoms with Gasteiger partial charge in [-0.1, -0.05) is 59.7 Å². The van der Waals surface area contributed by atoms with E-state index in [0.29, 0.717) is 41.9 Å². The van der Waals surface area contributed by atoms with E-state index in [-0.39, 0.29) is 22.3 Å². The fourth-order valence-electron chi connectivity index (χ4n) is 5.37. The fourth-order valence-corrected chi connectivity index (χ4v) is 5.37. The number of rotatable bonds is 6. The van der Waals surface area contributed by atoms with Crippen molar-refractivity contribution in [2.45, 2.75) is 86.1 Å². The van der Waals surface area contributed by atoms with Crippen molar-refractivity contribution in [1.29, 1.82) is 0 Å². The molecule has 0 spiro atoms. The van der Waals surface area contributed by atoms with Crippen LogP contribution in [0.2, 0.25) is 0 Å². The smallest absolute Gasteiger partial charge is 0.221 e. The summed E-state index contributed by atoms with van der Waals surface area (Å²) in [6.07, 6.45) is 1.89. The molecule has 42 heavy (non-hydrogen) atoms. The van der Waals surface area contributed by atoms with Gasteiger partial charge in [0, 0.05) is 29.0 Å². The van der Waals surface area contributed by atoms with Gasteiger partial charge in [0.2, 0.25) is 11.7 Å². The van der Waals surface area contributed by atoms with Crippen molar-refractivity contribution >= 4 is 34.4 Å². The van der Waals surface area contributed by atoms with Crippen molar-refractivity contribution in [3.05, 3.63) is 59.7 Å². The lowest BCUT2D eigenvalue weighted by Crippen LogP contribution is -2.49. The van der Waals surface area contributed by atoms with Crippen molar-refractivity contribution < 1.29 is 9.53 Å². The summed E-state index contributed by atoms with van der Waals surface area (Å²) >= 11 is 0. The van der Waals surface area contributed by atoms with Gasteiger partial charge >= 0.3 is 0 Å². The lowest BCUT2D eigenvalue weighted by Gasteiger charge is -2.45. The monoisotopic (exact) mass is 569 g/mol. The van der Waals surface area contributed by atoms with Crippen LogP contribution in [0.4, 0.5) is 17.1 Å². The van der Waals surface area contributed by atoms with E-state index >= 15 is 0 Å². The molecule has 0 saturated heterocycles. The van der Waals surface area contributed by atoms with Gasteiger partial charge < -0.3 is 15.0 Å². The van der Waals surface area contributed by atoms with Crippen LogP contribution in [0.1, 0.15) is 85.9 Å². The Morgan fingerprint density at radius 3 is 2.43 bits per heavy atom. The molecule has 3 heterocycles. The molecule has 0 saturated carbocycles. The van der Waals surface area contributed by atoms with Crippen LogP contribution in [0.15, 0.2) is 52.6 Å². The van der Waals surface area contributed by atoms with Gasteiger partial charge in [0.25, 0.3) is 0 Å². The molecule has 2 aliphatic heterocycles. The first-order chi connectivity index (χ1) is 19.6. The summed E-state index contributed by atoms with van der Waals surface area (Å²) in [5.74, 6) is 2.04. The molecule has 0 aliphatic carbocycles. The van der Waals surface area contributed by atoms with E-state index in [9.17, 15) is 4.79 Å². The second-order valence-electron chi connectivity index (χ2n) is 13.9. The van der Waals surface area contributed by atoms with E-state index in [0.717, 1.165) is 30.0 Å². The van der Waals surface area contributed by atoms with Crippen LogP contribution >= 0.6 is 0 Å². The van der Waals surface area contributed by atoms with Crippen molar-refractivity contribution in [3.63, 3.8) is 0 Å². The standard InChI is InChI=1S/C33H43N7O2/c1-21(41)34-25-20-26-22(15-16-33(8,9)39(26)17-18-42-23-13-11-10-12-14-23)19-24(25)35-27-28(31(2,3)4)37-40-29(27)36-30(38-40)32(5,6)7/h10-14,19-20H,15-18H2,1-9H3,(H,34,41)/b35-27-. The first-order valence-electron chi connectivity index (χ1n) is 14.7. The molecule has 3 aromatic rings. The molecule has 0 unspecified atom stereocenters. The number of aryl methyl sites for hydroxylation is 1. The highest BCUT2D eigenvalue weighted by atomic mass is 16.5. The minimum atomic E-state index is -0.287. The summed E-state index contributed by atoms with van der Waals surface area (Å²) in [5.41, 5.74) is 4.51. The van der Waals surface area contributed by atoms with Gasteiger partial charge in [-0.2, -0.15) is 5.10 Å². The highest BCUT2D eigenvalue weighted by Gasteiger charge is 2.37. The average molecular weight is 570 g/mol. The number of hydrogen-bond donors (Lipinski definition) is 1. The van der Waals surface area contributed by atoms with E-state index < -0.39 is 0 Å². The molecule has 0 atom stereocenters. The highest BCUT2D eigenvalue weighted by molar-refractivity contribution is 6.50. The second kappa shape index (κ2) is 10.7. The maximum atomic E-state index is 12.4. The predicted molar refractivity (Wildman–Crippen MR) is 170 cm³/mol. The Hall–Kier alpha value is -4.01. The van der Waals surface area contributed by atoms with Crippen LogP contribution in [0.5, 0.6) is 5.75 Å². The van der Waals surface area contributed by atoms with E-state index in [1.54, 1.807) is 4.79 Å². The Bertz CT molecular complexity index is 1550. The van der Waals surface area contributed by atoms with Crippen LogP contribution in [-0.2, 0) is 16.6 Å². The minimum Gasteiger partial charge on any atom is -0.492 e. The number of carbonyl (C=O) groups excluding carboxylic acids is 1. The third-order valence-corrected chi connectivity index (χ3v) is 7.70. The van der Waals surface area contributed by atoms with Gasteiger partial charge in [-0.3, -0.25) is 4.79 Å². The lowest BCUT2D eigenvalue weighted by molar-refractivity contribution is -0.114. The molecule has 1 aromatic heterocycles. The molecule has 9 heteroatoms. The summed E-state index contributed by atoms with van der Waals surface area (Å²) in [6.45, 7) is 19.9. The molecule has 2 aliphatic rings.